The van der Waals surface area contributed by atoms with Gasteiger partial charge in [0.2, 0.25) is 0 Å². The number of hydrogen-bond acceptors (Lipinski definition) is 1. The Morgan fingerprint density at radius 2 is 2.10 bits per heavy atom. The topological polar surface area (TPSA) is 37.3 Å². The molecule has 0 saturated heterocycles. The van der Waals surface area contributed by atoms with Gasteiger partial charge in [0.05, 0.1) is 5.92 Å². The summed E-state index contributed by atoms with van der Waals surface area (Å²) in [4.78, 5) is 10.6. The molecule has 2 saturated carbocycles. The lowest BCUT2D eigenvalue weighted by Gasteiger charge is -2.53. The molecule has 0 atom stereocenters. The minimum absolute atomic E-state index is 0.200. The molecule has 55 valence electrons. The highest BCUT2D eigenvalue weighted by atomic mass is 16.4. The molecule has 0 aromatic heterocycles. The molecule has 1 radical (unpaired) electrons. The Morgan fingerprint density at radius 1 is 1.40 bits per heavy atom. The van der Waals surface area contributed by atoms with Crippen LogP contribution in [0.2, 0.25) is 0 Å². The van der Waals surface area contributed by atoms with E-state index in [1.54, 1.807) is 0 Å². The summed E-state index contributed by atoms with van der Waals surface area (Å²) in [5.41, 5.74) is 0.200. The molecule has 10 heavy (non-hydrogen) atoms. The van der Waals surface area contributed by atoms with E-state index < -0.39 is 5.97 Å². The molecule has 0 aliphatic heterocycles. The average Bonchev–Trinajstić information content (AvgIpc) is 1.53. The molecule has 2 nitrogen and oxygen atoms in total. The van der Waals surface area contributed by atoms with Crippen LogP contribution < -0.4 is 0 Å². The van der Waals surface area contributed by atoms with Crippen molar-refractivity contribution in [2.24, 2.45) is 5.41 Å². The number of carboxylic acids is 1. The Morgan fingerprint density at radius 3 is 2.20 bits per heavy atom. The van der Waals surface area contributed by atoms with E-state index in [9.17, 15) is 4.79 Å². The van der Waals surface area contributed by atoms with Gasteiger partial charge in [-0.15, -0.1) is 0 Å². The Bertz CT molecular complexity index is 165. The molecule has 2 aliphatic carbocycles. The summed E-state index contributed by atoms with van der Waals surface area (Å²) in [6.45, 7) is 0. The maximum atomic E-state index is 10.6. The third-order valence-electron chi connectivity index (χ3n) is 3.06. The molecule has 0 aromatic rings. The number of rotatable bonds is 1. The van der Waals surface area contributed by atoms with Gasteiger partial charge in [-0.05, 0) is 31.1 Å². The number of carbonyl (C=O) groups is 1. The lowest BCUT2D eigenvalue weighted by molar-refractivity contribution is -0.142. The first kappa shape index (κ1) is 6.20. The van der Waals surface area contributed by atoms with Crippen LogP contribution in [0.25, 0.3) is 0 Å². The van der Waals surface area contributed by atoms with Crippen molar-refractivity contribution in [3.8, 4) is 0 Å². The molecule has 0 heterocycles. The van der Waals surface area contributed by atoms with Crippen molar-refractivity contribution in [2.45, 2.75) is 32.1 Å². The van der Waals surface area contributed by atoms with Gasteiger partial charge in [0.1, 0.15) is 0 Å². The second-order valence-corrected chi connectivity index (χ2v) is 3.42. The molecule has 1 N–H and O–H groups in total. The highest BCUT2D eigenvalue weighted by Gasteiger charge is 2.54. The largest absolute Gasteiger partial charge is 0.481 e. The monoisotopic (exact) mass is 139 g/mol. The maximum absolute atomic E-state index is 10.6. The quantitative estimate of drug-likeness (QED) is 0.599. The van der Waals surface area contributed by atoms with Crippen LogP contribution >= 0.6 is 0 Å². The Kier molecular flexibility index (Phi) is 1.08. The predicted octanol–water partition coefficient (Wildman–Crippen LogP) is 1.61. The minimum Gasteiger partial charge on any atom is -0.481 e. The average molecular weight is 139 g/mol. The van der Waals surface area contributed by atoms with Crippen LogP contribution in [0.15, 0.2) is 0 Å². The fourth-order valence-corrected chi connectivity index (χ4v) is 2.09. The second-order valence-electron chi connectivity index (χ2n) is 3.42. The van der Waals surface area contributed by atoms with Gasteiger partial charge < -0.3 is 5.11 Å². The summed E-state index contributed by atoms with van der Waals surface area (Å²) < 4.78 is 0. The molecule has 1 spiro atoms. The van der Waals surface area contributed by atoms with Gasteiger partial charge in [-0.25, -0.2) is 0 Å². The standard InChI is InChI=1S/C8H11O2/c9-7(10)6-2-5-8(6)3-1-4-8/h1-5H2,(H,9,10). The Hall–Kier alpha value is -0.530. The first-order valence-corrected chi connectivity index (χ1v) is 3.84. The molecule has 2 fully saturated rings. The van der Waals surface area contributed by atoms with E-state index in [1.165, 1.54) is 6.42 Å². The van der Waals surface area contributed by atoms with E-state index >= 15 is 0 Å². The second kappa shape index (κ2) is 1.74. The van der Waals surface area contributed by atoms with Gasteiger partial charge >= 0.3 is 5.97 Å². The van der Waals surface area contributed by atoms with E-state index in [2.05, 4.69) is 0 Å². The number of aliphatic carboxylic acids is 1. The summed E-state index contributed by atoms with van der Waals surface area (Å²) in [5, 5.41) is 8.70. The summed E-state index contributed by atoms with van der Waals surface area (Å²) in [7, 11) is 0. The highest BCUT2D eigenvalue weighted by molar-refractivity contribution is 5.86. The first-order chi connectivity index (χ1) is 4.75. The van der Waals surface area contributed by atoms with Crippen molar-refractivity contribution < 1.29 is 9.90 Å². The van der Waals surface area contributed by atoms with Crippen LogP contribution in [-0.2, 0) is 4.79 Å². The van der Waals surface area contributed by atoms with E-state index in [0.29, 0.717) is 0 Å². The van der Waals surface area contributed by atoms with Crippen molar-refractivity contribution >= 4 is 5.97 Å². The zero-order valence-corrected chi connectivity index (χ0v) is 5.89. The molecule has 0 unspecified atom stereocenters. The Balaban J connectivity index is 2.05. The van der Waals surface area contributed by atoms with Crippen LogP contribution in [0.4, 0.5) is 0 Å². The zero-order chi connectivity index (χ0) is 7.19. The van der Waals surface area contributed by atoms with Crippen molar-refractivity contribution in [3.05, 3.63) is 5.92 Å². The van der Waals surface area contributed by atoms with Crippen molar-refractivity contribution in [3.63, 3.8) is 0 Å². The smallest absolute Gasteiger partial charge is 0.311 e. The predicted molar refractivity (Wildman–Crippen MR) is 36.4 cm³/mol. The van der Waals surface area contributed by atoms with E-state index in [4.69, 9.17) is 5.11 Å². The fraction of sp³-hybridized carbons (Fsp3) is 0.750. The molecule has 0 aromatic carbocycles. The maximum Gasteiger partial charge on any atom is 0.311 e. The third kappa shape index (κ3) is 0.568. The first-order valence-electron chi connectivity index (χ1n) is 3.84. The number of carboxylic acid groups (broad SMARTS) is 1. The molecule has 0 amide bonds. The zero-order valence-electron chi connectivity index (χ0n) is 5.89. The van der Waals surface area contributed by atoms with Crippen LogP contribution in [0.5, 0.6) is 0 Å². The summed E-state index contributed by atoms with van der Waals surface area (Å²) >= 11 is 0. The summed E-state index contributed by atoms with van der Waals surface area (Å²) in [5.74, 6) is 0.157. The van der Waals surface area contributed by atoms with Gasteiger partial charge in [0.15, 0.2) is 0 Å². The fourth-order valence-electron chi connectivity index (χ4n) is 2.09. The van der Waals surface area contributed by atoms with E-state index in [0.717, 1.165) is 31.6 Å². The Labute approximate surface area is 60.2 Å². The lowest BCUT2D eigenvalue weighted by atomic mass is 9.50. The van der Waals surface area contributed by atoms with Gasteiger partial charge in [0, 0.05) is 0 Å². The van der Waals surface area contributed by atoms with Crippen molar-refractivity contribution in [2.75, 3.05) is 0 Å². The normalized spacial score (nSPS) is 29.2. The van der Waals surface area contributed by atoms with Gasteiger partial charge in [-0.2, -0.15) is 0 Å². The highest BCUT2D eigenvalue weighted by Crippen LogP contribution is 2.60. The van der Waals surface area contributed by atoms with Crippen molar-refractivity contribution in [1.82, 2.24) is 0 Å². The molecule has 0 bridgehead atoms. The van der Waals surface area contributed by atoms with Crippen LogP contribution in [0.3, 0.4) is 0 Å². The van der Waals surface area contributed by atoms with Crippen LogP contribution in [-0.4, -0.2) is 11.1 Å². The minimum atomic E-state index is -0.647. The van der Waals surface area contributed by atoms with Gasteiger partial charge in [-0.1, -0.05) is 6.42 Å². The molecule has 2 aliphatic rings. The van der Waals surface area contributed by atoms with E-state index in [1.807, 2.05) is 0 Å². The lowest BCUT2D eigenvalue weighted by Crippen LogP contribution is -2.47. The molecular weight excluding hydrogens is 128 g/mol. The number of hydrogen-bond donors (Lipinski definition) is 1. The van der Waals surface area contributed by atoms with E-state index in [-0.39, 0.29) is 5.41 Å². The van der Waals surface area contributed by atoms with Gasteiger partial charge in [-0.3, -0.25) is 4.79 Å². The third-order valence-corrected chi connectivity index (χ3v) is 3.06. The molecular formula is C8H11O2. The van der Waals surface area contributed by atoms with Crippen molar-refractivity contribution in [1.29, 1.82) is 0 Å². The summed E-state index contributed by atoms with van der Waals surface area (Å²) in [6.07, 6.45) is 5.48. The van der Waals surface area contributed by atoms with Crippen LogP contribution in [0, 0.1) is 11.3 Å². The molecule has 2 heteroatoms. The van der Waals surface area contributed by atoms with Crippen LogP contribution in [0.1, 0.15) is 32.1 Å². The molecule has 2 rings (SSSR count). The van der Waals surface area contributed by atoms with Gasteiger partial charge in [0.25, 0.3) is 0 Å². The SMILES string of the molecule is O=C(O)[C]1CCC12CCC2. The summed E-state index contributed by atoms with van der Waals surface area (Å²) in [6, 6.07) is 0.